The molecule has 1 aromatic carbocycles. The summed E-state index contributed by atoms with van der Waals surface area (Å²) in [6.45, 7) is 4.73. The zero-order valence-electron chi connectivity index (χ0n) is 11.5. The minimum Gasteiger partial charge on any atom is -0.383 e. The molecule has 2 rings (SSSR count). The van der Waals surface area contributed by atoms with Crippen LogP contribution in [0.3, 0.4) is 0 Å². The van der Waals surface area contributed by atoms with Gasteiger partial charge in [0, 0.05) is 38.9 Å². The molecule has 0 aromatic heterocycles. The Morgan fingerprint density at radius 1 is 1.42 bits per heavy atom. The third kappa shape index (κ3) is 4.56. The van der Waals surface area contributed by atoms with Crippen molar-refractivity contribution < 1.29 is 13.9 Å². The number of ether oxygens (including phenoxy) is 2. The van der Waals surface area contributed by atoms with Crippen LogP contribution in [0.5, 0.6) is 0 Å². The van der Waals surface area contributed by atoms with E-state index in [9.17, 15) is 4.39 Å². The SMILES string of the molecule is COCCN(Cc1ccccc1F)C[C@H]1CCOC1. The predicted octanol–water partition coefficient (Wildman–Crippen LogP) is 2.31. The zero-order valence-corrected chi connectivity index (χ0v) is 11.5. The Morgan fingerprint density at radius 3 is 2.95 bits per heavy atom. The third-order valence-electron chi connectivity index (χ3n) is 3.50. The molecule has 1 atom stereocenters. The fraction of sp³-hybridized carbons (Fsp3) is 0.600. The number of hydrogen-bond acceptors (Lipinski definition) is 3. The van der Waals surface area contributed by atoms with E-state index in [-0.39, 0.29) is 5.82 Å². The van der Waals surface area contributed by atoms with Crippen molar-refractivity contribution in [1.29, 1.82) is 0 Å². The van der Waals surface area contributed by atoms with Gasteiger partial charge in [0.05, 0.1) is 13.2 Å². The second-order valence-electron chi connectivity index (χ2n) is 5.05. The van der Waals surface area contributed by atoms with Crippen LogP contribution >= 0.6 is 0 Å². The first-order chi connectivity index (χ1) is 9.29. The molecule has 4 heteroatoms. The monoisotopic (exact) mass is 267 g/mol. The van der Waals surface area contributed by atoms with E-state index in [1.807, 2.05) is 12.1 Å². The minimum atomic E-state index is -0.132. The molecule has 1 aliphatic heterocycles. The number of methoxy groups -OCH3 is 1. The average molecular weight is 267 g/mol. The summed E-state index contributed by atoms with van der Waals surface area (Å²) < 4.78 is 24.2. The van der Waals surface area contributed by atoms with E-state index in [2.05, 4.69) is 4.90 Å². The topological polar surface area (TPSA) is 21.7 Å². The third-order valence-corrected chi connectivity index (χ3v) is 3.50. The molecule has 0 amide bonds. The van der Waals surface area contributed by atoms with Crippen molar-refractivity contribution in [3.8, 4) is 0 Å². The van der Waals surface area contributed by atoms with Gasteiger partial charge < -0.3 is 9.47 Å². The molecule has 0 N–H and O–H groups in total. The maximum atomic E-state index is 13.7. The fourth-order valence-electron chi connectivity index (χ4n) is 2.42. The Bertz CT molecular complexity index is 380. The van der Waals surface area contributed by atoms with Crippen molar-refractivity contribution in [2.24, 2.45) is 5.92 Å². The lowest BCUT2D eigenvalue weighted by Gasteiger charge is -2.24. The second kappa shape index (κ2) is 7.58. The molecule has 19 heavy (non-hydrogen) atoms. The summed E-state index contributed by atoms with van der Waals surface area (Å²) in [5.74, 6) is 0.427. The number of benzene rings is 1. The van der Waals surface area contributed by atoms with Crippen molar-refractivity contribution in [3.05, 3.63) is 35.6 Å². The molecule has 0 saturated carbocycles. The number of nitrogens with zero attached hydrogens (tertiary/aromatic N) is 1. The van der Waals surface area contributed by atoms with Crippen LogP contribution in [0.15, 0.2) is 24.3 Å². The molecule has 1 fully saturated rings. The van der Waals surface area contributed by atoms with Gasteiger partial charge in [-0.2, -0.15) is 0 Å². The maximum absolute atomic E-state index is 13.7. The first-order valence-corrected chi connectivity index (χ1v) is 6.82. The van der Waals surface area contributed by atoms with Gasteiger partial charge in [-0.1, -0.05) is 18.2 Å². The van der Waals surface area contributed by atoms with Gasteiger partial charge >= 0.3 is 0 Å². The number of rotatable bonds is 7. The zero-order chi connectivity index (χ0) is 13.5. The molecule has 1 heterocycles. The van der Waals surface area contributed by atoms with Gasteiger partial charge in [-0.15, -0.1) is 0 Å². The molecule has 3 nitrogen and oxygen atoms in total. The van der Waals surface area contributed by atoms with Crippen LogP contribution in [-0.4, -0.2) is 44.9 Å². The molecule has 1 saturated heterocycles. The Labute approximate surface area is 114 Å². The molecule has 0 radical (unpaired) electrons. The molecule has 0 spiro atoms. The van der Waals surface area contributed by atoms with E-state index in [1.165, 1.54) is 6.07 Å². The van der Waals surface area contributed by atoms with Crippen molar-refractivity contribution in [2.45, 2.75) is 13.0 Å². The molecule has 0 bridgehead atoms. The predicted molar refractivity (Wildman–Crippen MR) is 72.5 cm³/mol. The summed E-state index contributed by atoms with van der Waals surface area (Å²) in [6.07, 6.45) is 1.10. The molecule has 0 unspecified atom stereocenters. The summed E-state index contributed by atoms with van der Waals surface area (Å²) in [6, 6.07) is 6.97. The van der Waals surface area contributed by atoms with Crippen LogP contribution < -0.4 is 0 Å². The lowest BCUT2D eigenvalue weighted by atomic mass is 10.1. The van der Waals surface area contributed by atoms with Crippen LogP contribution in [0.2, 0.25) is 0 Å². The van der Waals surface area contributed by atoms with Crippen molar-refractivity contribution in [2.75, 3.05) is 40.0 Å². The van der Waals surface area contributed by atoms with Crippen LogP contribution in [0.1, 0.15) is 12.0 Å². The van der Waals surface area contributed by atoms with Gasteiger partial charge in [0.1, 0.15) is 5.82 Å². The maximum Gasteiger partial charge on any atom is 0.127 e. The smallest absolute Gasteiger partial charge is 0.127 e. The minimum absolute atomic E-state index is 0.132. The van der Waals surface area contributed by atoms with E-state index in [0.29, 0.717) is 19.1 Å². The van der Waals surface area contributed by atoms with Gasteiger partial charge in [0.25, 0.3) is 0 Å². The molecule has 1 aliphatic rings. The fourth-order valence-corrected chi connectivity index (χ4v) is 2.42. The Kier molecular flexibility index (Phi) is 5.76. The standard InChI is InChI=1S/C15H22FNO2/c1-18-9-7-17(10-13-6-8-19-12-13)11-14-4-2-3-5-15(14)16/h2-5,13H,6-12H2,1H3/t13-/m1/s1. The highest BCUT2D eigenvalue weighted by molar-refractivity contribution is 5.17. The largest absolute Gasteiger partial charge is 0.383 e. The molecule has 106 valence electrons. The van der Waals surface area contributed by atoms with Gasteiger partial charge in [-0.25, -0.2) is 4.39 Å². The van der Waals surface area contributed by atoms with E-state index in [1.54, 1.807) is 13.2 Å². The number of hydrogen-bond donors (Lipinski definition) is 0. The average Bonchev–Trinajstić information content (AvgIpc) is 2.91. The Morgan fingerprint density at radius 2 is 2.26 bits per heavy atom. The first-order valence-electron chi connectivity index (χ1n) is 6.82. The van der Waals surface area contributed by atoms with Crippen molar-refractivity contribution in [3.63, 3.8) is 0 Å². The molecule has 1 aromatic rings. The van der Waals surface area contributed by atoms with Crippen molar-refractivity contribution >= 4 is 0 Å². The highest BCUT2D eigenvalue weighted by Gasteiger charge is 2.19. The van der Waals surface area contributed by atoms with Crippen LogP contribution in [0, 0.1) is 11.7 Å². The van der Waals surface area contributed by atoms with E-state index in [0.717, 1.165) is 38.3 Å². The van der Waals surface area contributed by atoms with Gasteiger partial charge in [-0.05, 0) is 18.4 Å². The summed E-state index contributed by atoms with van der Waals surface area (Å²) in [5, 5.41) is 0. The first kappa shape index (κ1) is 14.4. The Hall–Kier alpha value is -0.970. The summed E-state index contributed by atoms with van der Waals surface area (Å²) in [4.78, 5) is 2.25. The van der Waals surface area contributed by atoms with Gasteiger partial charge in [0.2, 0.25) is 0 Å². The quantitative estimate of drug-likeness (QED) is 0.756. The molecular weight excluding hydrogens is 245 g/mol. The van der Waals surface area contributed by atoms with E-state index in [4.69, 9.17) is 9.47 Å². The van der Waals surface area contributed by atoms with Crippen LogP contribution in [0.4, 0.5) is 4.39 Å². The Balaban J connectivity index is 1.94. The van der Waals surface area contributed by atoms with Gasteiger partial charge in [-0.3, -0.25) is 4.90 Å². The van der Waals surface area contributed by atoms with E-state index < -0.39 is 0 Å². The molecule has 0 aliphatic carbocycles. The van der Waals surface area contributed by atoms with Crippen LogP contribution in [-0.2, 0) is 16.0 Å². The summed E-state index contributed by atoms with van der Waals surface area (Å²) >= 11 is 0. The van der Waals surface area contributed by atoms with Crippen molar-refractivity contribution in [1.82, 2.24) is 4.90 Å². The highest BCUT2D eigenvalue weighted by Crippen LogP contribution is 2.16. The number of halogens is 1. The second-order valence-corrected chi connectivity index (χ2v) is 5.05. The van der Waals surface area contributed by atoms with E-state index >= 15 is 0 Å². The van der Waals surface area contributed by atoms with Gasteiger partial charge in [0.15, 0.2) is 0 Å². The lowest BCUT2D eigenvalue weighted by Crippen LogP contribution is -2.32. The molecular formula is C15H22FNO2. The van der Waals surface area contributed by atoms with Crippen LogP contribution in [0.25, 0.3) is 0 Å². The lowest BCUT2D eigenvalue weighted by molar-refractivity contribution is 0.123. The summed E-state index contributed by atoms with van der Waals surface area (Å²) in [7, 11) is 1.69. The summed E-state index contributed by atoms with van der Waals surface area (Å²) in [5.41, 5.74) is 0.748. The normalized spacial score (nSPS) is 19.2. The highest BCUT2D eigenvalue weighted by atomic mass is 19.1.